The van der Waals surface area contributed by atoms with E-state index >= 15 is 0 Å². The lowest BCUT2D eigenvalue weighted by Gasteiger charge is -2.12. The summed E-state index contributed by atoms with van der Waals surface area (Å²) in [6, 6.07) is 17.0. The van der Waals surface area contributed by atoms with E-state index in [0.717, 1.165) is 16.8 Å². The number of amides is 1. The second-order valence-electron chi connectivity index (χ2n) is 6.96. The van der Waals surface area contributed by atoms with Crippen molar-refractivity contribution in [2.24, 2.45) is 0 Å². The molecule has 2 aromatic carbocycles. The van der Waals surface area contributed by atoms with Crippen LogP contribution in [0.5, 0.6) is 11.5 Å². The first kappa shape index (κ1) is 20.2. The van der Waals surface area contributed by atoms with Crippen molar-refractivity contribution < 1.29 is 14.3 Å². The first-order valence-electron chi connectivity index (χ1n) is 9.75. The molecule has 31 heavy (non-hydrogen) atoms. The molecule has 0 aliphatic carbocycles. The lowest BCUT2D eigenvalue weighted by atomic mass is 10.2. The fraction of sp³-hybridized carbons (Fsp3) is 0.174. The van der Waals surface area contributed by atoms with Crippen LogP contribution in [0.4, 0.5) is 5.82 Å². The Labute approximate surface area is 180 Å². The molecule has 4 rings (SSSR count). The van der Waals surface area contributed by atoms with Crippen LogP contribution in [0, 0.1) is 6.92 Å². The quantitative estimate of drug-likeness (QED) is 0.496. The average Bonchev–Trinajstić information content (AvgIpc) is 3.43. The first-order valence-corrected chi connectivity index (χ1v) is 9.75. The van der Waals surface area contributed by atoms with Gasteiger partial charge in [0.2, 0.25) is 0 Å². The van der Waals surface area contributed by atoms with E-state index in [9.17, 15) is 4.79 Å². The van der Waals surface area contributed by atoms with E-state index in [-0.39, 0.29) is 5.91 Å². The van der Waals surface area contributed by atoms with Crippen molar-refractivity contribution in [1.82, 2.24) is 19.6 Å². The number of nitrogens with zero attached hydrogens (tertiary/aromatic N) is 4. The Balaban J connectivity index is 1.53. The summed E-state index contributed by atoms with van der Waals surface area (Å²) in [6.45, 7) is 2.36. The zero-order valence-corrected chi connectivity index (χ0v) is 17.6. The fourth-order valence-electron chi connectivity index (χ4n) is 3.25. The Morgan fingerprint density at radius 1 is 1.03 bits per heavy atom. The van der Waals surface area contributed by atoms with Crippen LogP contribution in [0.3, 0.4) is 0 Å². The van der Waals surface area contributed by atoms with Gasteiger partial charge in [0.25, 0.3) is 5.91 Å². The number of methoxy groups -OCH3 is 2. The largest absolute Gasteiger partial charge is 0.493 e. The van der Waals surface area contributed by atoms with Crippen LogP contribution >= 0.6 is 0 Å². The van der Waals surface area contributed by atoms with E-state index in [2.05, 4.69) is 15.5 Å². The van der Waals surface area contributed by atoms with Crippen molar-refractivity contribution in [3.05, 3.63) is 83.8 Å². The first-order chi connectivity index (χ1) is 15.1. The molecule has 0 unspecified atom stereocenters. The number of nitrogens with one attached hydrogen (secondary N) is 1. The van der Waals surface area contributed by atoms with Crippen molar-refractivity contribution in [3.8, 4) is 17.2 Å². The lowest BCUT2D eigenvalue weighted by Crippen LogP contribution is -2.17. The molecular weight excluding hydrogens is 394 g/mol. The molecule has 1 amide bonds. The van der Waals surface area contributed by atoms with Crippen LogP contribution < -0.4 is 14.8 Å². The van der Waals surface area contributed by atoms with Crippen molar-refractivity contribution >= 4 is 11.7 Å². The van der Waals surface area contributed by atoms with Crippen LogP contribution in [0.15, 0.2) is 67.0 Å². The summed E-state index contributed by atoms with van der Waals surface area (Å²) in [4.78, 5) is 12.8. The molecule has 0 atom stereocenters. The third kappa shape index (κ3) is 4.28. The normalized spacial score (nSPS) is 10.7. The van der Waals surface area contributed by atoms with Gasteiger partial charge in [0.1, 0.15) is 5.82 Å². The van der Waals surface area contributed by atoms with Crippen LogP contribution in [-0.2, 0) is 6.54 Å². The molecule has 0 aliphatic rings. The summed E-state index contributed by atoms with van der Waals surface area (Å²) in [6.07, 6.45) is 3.48. The Morgan fingerprint density at radius 2 is 1.81 bits per heavy atom. The predicted octanol–water partition coefficient (Wildman–Crippen LogP) is 3.70. The van der Waals surface area contributed by atoms with Gasteiger partial charge in [-0.1, -0.05) is 24.3 Å². The van der Waals surface area contributed by atoms with Gasteiger partial charge in [-0.2, -0.15) is 10.2 Å². The molecule has 8 heteroatoms. The lowest BCUT2D eigenvalue weighted by molar-refractivity contribution is 0.102. The monoisotopic (exact) mass is 417 g/mol. The zero-order chi connectivity index (χ0) is 21.8. The molecule has 0 fully saturated rings. The van der Waals surface area contributed by atoms with Gasteiger partial charge in [-0.3, -0.25) is 4.79 Å². The molecule has 0 saturated carbocycles. The molecule has 8 nitrogen and oxygen atoms in total. The second kappa shape index (κ2) is 8.74. The van der Waals surface area contributed by atoms with E-state index in [4.69, 9.17) is 9.47 Å². The van der Waals surface area contributed by atoms with Gasteiger partial charge in [0, 0.05) is 11.8 Å². The Hall–Kier alpha value is -4.07. The summed E-state index contributed by atoms with van der Waals surface area (Å²) in [7, 11) is 3.20. The van der Waals surface area contributed by atoms with Crippen LogP contribution in [-0.4, -0.2) is 39.7 Å². The number of carbonyl (C=O) groups is 1. The molecule has 0 aliphatic heterocycles. The smallest absolute Gasteiger partial charge is 0.277 e. The number of aryl methyl sites for hydroxylation is 1. The van der Waals surface area contributed by atoms with E-state index < -0.39 is 0 Å². The molecule has 4 aromatic rings. The van der Waals surface area contributed by atoms with Gasteiger partial charge in [0.05, 0.1) is 32.6 Å². The standard InChI is InChI=1S/C23H23N5O3/c1-16-14-24-28(15-17-9-10-20(30-2)21(13-17)31-3)22(16)25-23(29)19-11-12-27(26-19)18-7-5-4-6-8-18/h4-14H,15H2,1-3H3,(H,25,29). The van der Waals surface area contributed by atoms with Crippen LogP contribution in [0.2, 0.25) is 0 Å². The third-order valence-corrected chi connectivity index (χ3v) is 4.88. The van der Waals surface area contributed by atoms with Gasteiger partial charge < -0.3 is 14.8 Å². The van der Waals surface area contributed by atoms with Gasteiger partial charge >= 0.3 is 0 Å². The molecule has 0 radical (unpaired) electrons. The van der Waals surface area contributed by atoms with Crippen molar-refractivity contribution in [2.45, 2.75) is 13.5 Å². The number of benzene rings is 2. The van der Waals surface area contributed by atoms with E-state index in [0.29, 0.717) is 29.6 Å². The van der Waals surface area contributed by atoms with E-state index in [1.807, 2.05) is 55.5 Å². The minimum atomic E-state index is -0.299. The minimum absolute atomic E-state index is 0.299. The number of para-hydroxylation sites is 1. The number of anilines is 1. The molecule has 2 heterocycles. The molecular formula is C23H23N5O3. The van der Waals surface area contributed by atoms with E-state index in [1.165, 1.54) is 0 Å². The Bertz CT molecular complexity index is 1200. The van der Waals surface area contributed by atoms with Crippen LogP contribution in [0.25, 0.3) is 5.69 Å². The maximum absolute atomic E-state index is 12.8. The Morgan fingerprint density at radius 3 is 2.55 bits per heavy atom. The Kier molecular flexibility index (Phi) is 5.70. The molecule has 0 bridgehead atoms. The van der Waals surface area contributed by atoms with Crippen molar-refractivity contribution in [3.63, 3.8) is 0 Å². The molecule has 0 spiro atoms. The number of hydrogen-bond acceptors (Lipinski definition) is 5. The third-order valence-electron chi connectivity index (χ3n) is 4.88. The summed E-state index contributed by atoms with van der Waals surface area (Å²) >= 11 is 0. The number of hydrogen-bond donors (Lipinski definition) is 1. The maximum Gasteiger partial charge on any atom is 0.277 e. The molecule has 1 N–H and O–H groups in total. The summed E-state index contributed by atoms with van der Waals surface area (Å²) in [5, 5.41) is 11.7. The summed E-state index contributed by atoms with van der Waals surface area (Å²) < 4.78 is 14.1. The van der Waals surface area contributed by atoms with E-state index in [1.54, 1.807) is 42.0 Å². The zero-order valence-electron chi connectivity index (χ0n) is 17.6. The summed E-state index contributed by atoms with van der Waals surface area (Å²) in [5.41, 5.74) is 3.03. The number of rotatable bonds is 7. The number of ether oxygens (including phenoxy) is 2. The highest BCUT2D eigenvalue weighted by Gasteiger charge is 2.16. The molecule has 2 aromatic heterocycles. The van der Waals surface area contributed by atoms with Crippen LogP contribution in [0.1, 0.15) is 21.6 Å². The summed E-state index contributed by atoms with van der Waals surface area (Å²) in [5.74, 6) is 1.62. The van der Waals surface area contributed by atoms with Gasteiger partial charge in [-0.25, -0.2) is 9.36 Å². The fourth-order valence-corrected chi connectivity index (χ4v) is 3.25. The second-order valence-corrected chi connectivity index (χ2v) is 6.96. The molecule has 0 saturated heterocycles. The minimum Gasteiger partial charge on any atom is -0.493 e. The SMILES string of the molecule is COc1ccc(Cn2ncc(C)c2NC(=O)c2ccn(-c3ccccc3)n2)cc1OC. The topological polar surface area (TPSA) is 83.2 Å². The van der Waals surface area contributed by atoms with Crippen molar-refractivity contribution in [2.75, 3.05) is 19.5 Å². The number of aromatic nitrogens is 4. The van der Waals surface area contributed by atoms with Gasteiger partial charge in [-0.15, -0.1) is 0 Å². The maximum atomic E-state index is 12.8. The average molecular weight is 417 g/mol. The predicted molar refractivity (Wildman–Crippen MR) is 117 cm³/mol. The highest BCUT2D eigenvalue weighted by Crippen LogP contribution is 2.28. The van der Waals surface area contributed by atoms with Gasteiger partial charge in [-0.05, 0) is 42.8 Å². The highest BCUT2D eigenvalue weighted by atomic mass is 16.5. The highest BCUT2D eigenvalue weighted by molar-refractivity contribution is 6.02. The van der Waals surface area contributed by atoms with Crippen molar-refractivity contribution in [1.29, 1.82) is 0 Å². The van der Waals surface area contributed by atoms with Gasteiger partial charge in [0.15, 0.2) is 17.2 Å². The molecule has 158 valence electrons. The number of carbonyl (C=O) groups excluding carboxylic acids is 1.